The predicted molar refractivity (Wildman–Crippen MR) is 81.2 cm³/mol. The first-order valence-electron chi connectivity index (χ1n) is 6.91. The van der Waals surface area contributed by atoms with Gasteiger partial charge >= 0.3 is 5.97 Å². The minimum absolute atomic E-state index is 0.0586. The molecule has 20 heavy (non-hydrogen) atoms. The minimum Gasteiger partial charge on any atom is -0.423 e. The lowest BCUT2D eigenvalue weighted by Crippen LogP contribution is -2.17. The van der Waals surface area contributed by atoms with Crippen molar-refractivity contribution in [1.29, 1.82) is 0 Å². The monoisotopic (exact) mass is 268 g/mol. The van der Waals surface area contributed by atoms with Gasteiger partial charge in [-0.2, -0.15) is 0 Å². The Balaban J connectivity index is 2.21. The van der Waals surface area contributed by atoms with E-state index in [1.165, 1.54) is 0 Å². The third-order valence-electron chi connectivity index (χ3n) is 3.72. The summed E-state index contributed by atoms with van der Waals surface area (Å²) in [5, 5.41) is 0. The third-order valence-corrected chi connectivity index (χ3v) is 3.72. The summed E-state index contributed by atoms with van der Waals surface area (Å²) in [5.41, 5.74) is 1.80. The van der Waals surface area contributed by atoms with Crippen LogP contribution in [0.1, 0.15) is 43.1 Å². The molecule has 0 saturated heterocycles. The lowest BCUT2D eigenvalue weighted by Gasteiger charge is -2.23. The molecule has 0 aromatic heterocycles. The van der Waals surface area contributed by atoms with Gasteiger partial charge in [0.1, 0.15) is 5.75 Å². The second-order valence-corrected chi connectivity index (χ2v) is 5.52. The fourth-order valence-electron chi connectivity index (χ4n) is 1.93. The summed E-state index contributed by atoms with van der Waals surface area (Å²) < 4.78 is 5.36. The van der Waals surface area contributed by atoms with Gasteiger partial charge in [-0.15, -0.1) is 0 Å². The number of hydrogen-bond acceptors (Lipinski definition) is 2. The van der Waals surface area contributed by atoms with Gasteiger partial charge in [0.2, 0.25) is 0 Å². The maximum absolute atomic E-state index is 12.2. The predicted octanol–water partition coefficient (Wildman–Crippen LogP) is 4.59. The molecule has 0 aliphatic carbocycles. The summed E-state index contributed by atoms with van der Waals surface area (Å²) in [6, 6.07) is 16.8. The number of ether oxygens (including phenoxy) is 1. The number of carbonyl (C=O) groups excluding carboxylic acids is 1. The third kappa shape index (κ3) is 3.27. The number of hydrogen-bond donors (Lipinski definition) is 0. The van der Waals surface area contributed by atoms with Crippen LogP contribution in [0.25, 0.3) is 0 Å². The van der Waals surface area contributed by atoms with Crippen molar-refractivity contribution in [1.82, 2.24) is 0 Å². The van der Waals surface area contributed by atoms with E-state index in [-0.39, 0.29) is 11.4 Å². The number of carbonyl (C=O) groups is 1. The summed E-state index contributed by atoms with van der Waals surface area (Å²) in [4.78, 5) is 12.2. The lowest BCUT2D eigenvalue weighted by atomic mass is 9.82. The molecule has 2 rings (SSSR count). The van der Waals surface area contributed by atoms with E-state index in [0.717, 1.165) is 12.0 Å². The summed E-state index contributed by atoms with van der Waals surface area (Å²) >= 11 is 0. The van der Waals surface area contributed by atoms with Gasteiger partial charge in [0, 0.05) is 0 Å². The van der Waals surface area contributed by atoms with Crippen LogP contribution in [0.3, 0.4) is 0 Å². The maximum Gasteiger partial charge on any atom is 0.343 e. The van der Waals surface area contributed by atoms with E-state index in [1.807, 2.05) is 30.3 Å². The lowest BCUT2D eigenvalue weighted by molar-refractivity contribution is 0.0734. The van der Waals surface area contributed by atoms with Crippen LogP contribution in [-0.4, -0.2) is 5.97 Å². The second-order valence-electron chi connectivity index (χ2n) is 5.52. The van der Waals surface area contributed by atoms with Crippen molar-refractivity contribution >= 4 is 5.97 Å². The zero-order chi connectivity index (χ0) is 14.6. The summed E-state index contributed by atoms with van der Waals surface area (Å²) in [5.74, 6) is 0.252. The van der Waals surface area contributed by atoms with Gasteiger partial charge in [-0.1, -0.05) is 51.1 Å². The Kier molecular flexibility index (Phi) is 4.23. The number of para-hydroxylation sites is 1. The van der Waals surface area contributed by atoms with Crippen LogP contribution in [0, 0.1) is 0 Å². The van der Waals surface area contributed by atoms with Gasteiger partial charge in [0.05, 0.1) is 5.56 Å². The molecule has 0 fully saturated rings. The second kappa shape index (κ2) is 5.91. The van der Waals surface area contributed by atoms with Gasteiger partial charge in [0.25, 0.3) is 0 Å². The highest BCUT2D eigenvalue weighted by molar-refractivity contribution is 5.91. The van der Waals surface area contributed by atoms with E-state index >= 15 is 0 Å². The molecular formula is C18H20O2. The molecule has 0 aliphatic rings. The summed E-state index contributed by atoms with van der Waals surface area (Å²) in [7, 11) is 0. The summed E-state index contributed by atoms with van der Waals surface area (Å²) in [6.45, 7) is 6.50. The molecule has 2 aromatic carbocycles. The molecule has 104 valence electrons. The zero-order valence-corrected chi connectivity index (χ0v) is 12.2. The topological polar surface area (TPSA) is 26.3 Å². The maximum atomic E-state index is 12.2. The molecule has 2 nitrogen and oxygen atoms in total. The first kappa shape index (κ1) is 14.3. The molecular weight excluding hydrogens is 248 g/mol. The van der Waals surface area contributed by atoms with E-state index in [9.17, 15) is 4.79 Å². The first-order valence-corrected chi connectivity index (χ1v) is 6.91. The van der Waals surface area contributed by atoms with E-state index < -0.39 is 0 Å². The van der Waals surface area contributed by atoms with Crippen LogP contribution < -0.4 is 4.74 Å². The van der Waals surface area contributed by atoms with Crippen molar-refractivity contribution in [3.8, 4) is 5.75 Å². The molecule has 2 heteroatoms. The molecule has 0 radical (unpaired) electrons. The SMILES string of the molecule is CCC(C)(C)c1cccc(C(=O)Oc2ccccc2)c1. The van der Waals surface area contributed by atoms with Crippen molar-refractivity contribution in [3.63, 3.8) is 0 Å². The van der Waals surface area contributed by atoms with Crippen molar-refractivity contribution in [2.24, 2.45) is 0 Å². The highest BCUT2D eigenvalue weighted by Gasteiger charge is 2.19. The van der Waals surface area contributed by atoms with E-state index in [1.54, 1.807) is 18.2 Å². The van der Waals surface area contributed by atoms with Crippen molar-refractivity contribution in [2.45, 2.75) is 32.6 Å². The fraction of sp³-hybridized carbons (Fsp3) is 0.278. The standard InChI is InChI=1S/C18H20O2/c1-4-18(2,3)15-10-8-9-14(13-15)17(19)20-16-11-6-5-7-12-16/h5-13H,4H2,1-3H3. The fourth-order valence-corrected chi connectivity index (χ4v) is 1.93. The Morgan fingerprint density at radius 3 is 2.40 bits per heavy atom. The van der Waals surface area contributed by atoms with Gasteiger partial charge < -0.3 is 4.74 Å². The zero-order valence-electron chi connectivity index (χ0n) is 12.2. The molecule has 0 N–H and O–H groups in total. The highest BCUT2D eigenvalue weighted by Crippen LogP contribution is 2.27. The van der Waals surface area contributed by atoms with E-state index in [4.69, 9.17) is 4.74 Å². The van der Waals surface area contributed by atoms with Crippen LogP contribution in [-0.2, 0) is 5.41 Å². The average Bonchev–Trinajstić information content (AvgIpc) is 2.48. The Labute approximate surface area is 120 Å². The summed E-state index contributed by atoms with van der Waals surface area (Å²) in [6.07, 6.45) is 1.02. The van der Waals surface area contributed by atoms with Gasteiger partial charge in [0.15, 0.2) is 0 Å². The molecule has 0 atom stereocenters. The number of esters is 1. The van der Waals surface area contributed by atoms with E-state index in [2.05, 4.69) is 26.8 Å². The smallest absolute Gasteiger partial charge is 0.343 e. The van der Waals surface area contributed by atoms with Crippen LogP contribution in [0.5, 0.6) is 5.75 Å². The quantitative estimate of drug-likeness (QED) is 0.598. The molecule has 0 unspecified atom stereocenters. The van der Waals surface area contributed by atoms with Crippen LogP contribution in [0.15, 0.2) is 54.6 Å². The van der Waals surface area contributed by atoms with Crippen molar-refractivity contribution in [2.75, 3.05) is 0 Å². The van der Waals surface area contributed by atoms with Crippen LogP contribution in [0.4, 0.5) is 0 Å². The Morgan fingerprint density at radius 2 is 1.75 bits per heavy atom. The molecule has 2 aromatic rings. The van der Waals surface area contributed by atoms with Crippen molar-refractivity contribution < 1.29 is 9.53 Å². The minimum atomic E-state index is -0.315. The van der Waals surface area contributed by atoms with Crippen molar-refractivity contribution in [3.05, 3.63) is 65.7 Å². The molecule has 0 amide bonds. The van der Waals surface area contributed by atoms with Gasteiger partial charge in [-0.25, -0.2) is 4.79 Å². The van der Waals surface area contributed by atoms with Crippen LogP contribution >= 0.6 is 0 Å². The molecule has 0 heterocycles. The average molecular weight is 268 g/mol. The van der Waals surface area contributed by atoms with Gasteiger partial charge in [-0.05, 0) is 41.7 Å². The largest absolute Gasteiger partial charge is 0.423 e. The Morgan fingerprint density at radius 1 is 1.05 bits per heavy atom. The van der Waals surface area contributed by atoms with Gasteiger partial charge in [-0.3, -0.25) is 0 Å². The van der Waals surface area contributed by atoms with Crippen LogP contribution in [0.2, 0.25) is 0 Å². The Bertz CT molecular complexity index is 585. The Hall–Kier alpha value is -2.09. The normalized spacial score (nSPS) is 11.2. The molecule has 0 bridgehead atoms. The molecule has 0 spiro atoms. The van der Waals surface area contributed by atoms with E-state index in [0.29, 0.717) is 11.3 Å². The first-order chi connectivity index (χ1) is 9.53. The molecule has 0 aliphatic heterocycles. The number of rotatable bonds is 4. The molecule has 0 saturated carbocycles. The highest BCUT2D eigenvalue weighted by atomic mass is 16.5. The number of benzene rings is 2.